The Kier molecular flexibility index (Phi) is 5.63. The summed E-state index contributed by atoms with van der Waals surface area (Å²) in [5.41, 5.74) is 2.93. The third-order valence-corrected chi connectivity index (χ3v) is 4.76. The number of benzene rings is 1. The normalized spacial score (nSPS) is 25.0. The van der Waals surface area contributed by atoms with Gasteiger partial charge in [-0.15, -0.1) is 0 Å². The number of alkyl halides is 1. The van der Waals surface area contributed by atoms with E-state index in [1.54, 1.807) is 5.57 Å². The smallest absolute Gasteiger partial charge is 0.0894 e. The zero-order valence-corrected chi connectivity index (χ0v) is 13.2. The molecule has 2 aliphatic heterocycles. The first kappa shape index (κ1) is 15.7. The van der Waals surface area contributed by atoms with Crippen LogP contribution >= 0.6 is 0 Å². The summed E-state index contributed by atoms with van der Waals surface area (Å²) in [6, 6.07) is 11.6. The van der Waals surface area contributed by atoms with Crippen LogP contribution in [-0.4, -0.2) is 36.9 Å². The van der Waals surface area contributed by atoms with Crippen molar-refractivity contribution in [2.45, 2.75) is 50.7 Å². The largest absolute Gasteiger partial charge is 0.378 e. The van der Waals surface area contributed by atoms with Crippen LogP contribution in [0.25, 0.3) is 0 Å². The summed E-state index contributed by atoms with van der Waals surface area (Å²) in [7, 11) is 0. The molecule has 1 aromatic rings. The van der Waals surface area contributed by atoms with Gasteiger partial charge < -0.3 is 4.74 Å². The molecule has 22 heavy (non-hydrogen) atoms. The summed E-state index contributed by atoms with van der Waals surface area (Å²) in [5, 5.41) is 0. The summed E-state index contributed by atoms with van der Waals surface area (Å²) < 4.78 is 17.9. The number of hydrogen-bond acceptors (Lipinski definition) is 2. The molecule has 0 aromatic heterocycles. The van der Waals surface area contributed by atoms with Crippen molar-refractivity contribution >= 4 is 0 Å². The fourth-order valence-corrected chi connectivity index (χ4v) is 3.60. The van der Waals surface area contributed by atoms with E-state index >= 15 is 0 Å². The molecule has 2 heterocycles. The Morgan fingerprint density at radius 1 is 1.09 bits per heavy atom. The second-order valence-corrected chi connectivity index (χ2v) is 6.45. The standard InChI is InChI=1S/C19H26FNO/c20-10-6-2-5-9-17-11-18-14-22-15-19(12-17)21(18)13-16-7-3-1-4-8-16/h1,3-4,7-8,11,18-19H,2,5-6,9-10,12-15H2. The lowest BCUT2D eigenvalue weighted by molar-refractivity contribution is -0.0442. The summed E-state index contributed by atoms with van der Waals surface area (Å²) in [6.45, 7) is 2.47. The van der Waals surface area contributed by atoms with E-state index in [1.165, 1.54) is 5.56 Å². The molecule has 2 aliphatic rings. The van der Waals surface area contributed by atoms with Crippen LogP contribution in [0, 0.1) is 0 Å². The molecule has 0 radical (unpaired) electrons. The lowest BCUT2D eigenvalue weighted by Gasteiger charge is -2.45. The van der Waals surface area contributed by atoms with Crippen molar-refractivity contribution in [1.82, 2.24) is 4.90 Å². The van der Waals surface area contributed by atoms with Crippen LogP contribution in [0.5, 0.6) is 0 Å². The second kappa shape index (κ2) is 7.89. The van der Waals surface area contributed by atoms with Gasteiger partial charge in [0.25, 0.3) is 0 Å². The minimum Gasteiger partial charge on any atom is -0.378 e. The molecule has 3 rings (SSSR count). The fraction of sp³-hybridized carbons (Fsp3) is 0.579. The van der Waals surface area contributed by atoms with Crippen molar-refractivity contribution in [3.05, 3.63) is 47.5 Å². The Labute approximate surface area is 133 Å². The maximum Gasteiger partial charge on any atom is 0.0894 e. The Hall–Kier alpha value is -1.19. The highest BCUT2D eigenvalue weighted by atomic mass is 19.1. The Bertz CT molecular complexity index is 487. The quantitative estimate of drug-likeness (QED) is 0.555. The van der Waals surface area contributed by atoms with E-state index in [0.717, 1.165) is 45.4 Å². The van der Waals surface area contributed by atoms with E-state index in [4.69, 9.17) is 4.74 Å². The maximum atomic E-state index is 12.2. The topological polar surface area (TPSA) is 12.5 Å². The summed E-state index contributed by atoms with van der Waals surface area (Å²) in [4.78, 5) is 2.59. The minimum absolute atomic E-state index is 0.178. The molecule has 2 atom stereocenters. The molecule has 2 bridgehead atoms. The molecule has 2 nitrogen and oxygen atoms in total. The van der Waals surface area contributed by atoms with Crippen molar-refractivity contribution < 1.29 is 9.13 Å². The van der Waals surface area contributed by atoms with Crippen molar-refractivity contribution in [3.63, 3.8) is 0 Å². The molecule has 2 unspecified atom stereocenters. The third-order valence-electron chi connectivity index (χ3n) is 4.76. The third kappa shape index (κ3) is 3.96. The van der Waals surface area contributed by atoms with Gasteiger partial charge >= 0.3 is 0 Å². The van der Waals surface area contributed by atoms with Gasteiger partial charge in [0.15, 0.2) is 0 Å². The first-order valence-corrected chi connectivity index (χ1v) is 8.50. The van der Waals surface area contributed by atoms with Crippen molar-refractivity contribution in [2.24, 2.45) is 0 Å². The number of hydrogen-bond donors (Lipinski definition) is 0. The number of unbranched alkanes of at least 4 members (excludes halogenated alkanes) is 2. The molecule has 1 fully saturated rings. The molecule has 1 saturated heterocycles. The molecule has 0 spiro atoms. The molecule has 0 amide bonds. The zero-order valence-electron chi connectivity index (χ0n) is 13.2. The van der Waals surface area contributed by atoms with Crippen LogP contribution < -0.4 is 0 Å². The highest BCUT2D eigenvalue weighted by molar-refractivity contribution is 5.19. The van der Waals surface area contributed by atoms with Gasteiger partial charge in [-0.25, -0.2) is 0 Å². The van der Waals surface area contributed by atoms with Crippen LogP contribution in [0.2, 0.25) is 0 Å². The predicted octanol–water partition coefficient (Wildman–Crippen LogP) is 4.12. The molecular formula is C19H26FNO. The first-order valence-electron chi connectivity index (χ1n) is 8.50. The van der Waals surface area contributed by atoms with E-state index < -0.39 is 0 Å². The van der Waals surface area contributed by atoms with E-state index in [-0.39, 0.29) is 6.67 Å². The van der Waals surface area contributed by atoms with Crippen molar-refractivity contribution in [2.75, 3.05) is 19.9 Å². The van der Waals surface area contributed by atoms with Gasteiger partial charge in [-0.2, -0.15) is 0 Å². The molecule has 0 saturated carbocycles. The van der Waals surface area contributed by atoms with E-state index in [1.807, 2.05) is 0 Å². The predicted molar refractivity (Wildman–Crippen MR) is 87.5 cm³/mol. The molecule has 120 valence electrons. The summed E-state index contributed by atoms with van der Waals surface area (Å²) in [6.07, 6.45) is 7.49. The van der Waals surface area contributed by atoms with Gasteiger partial charge in [0, 0.05) is 12.6 Å². The SMILES string of the molecule is FCCCCCC1=CC2COCC(C1)N2Cc1ccccc1. The van der Waals surface area contributed by atoms with Crippen molar-refractivity contribution in [1.29, 1.82) is 0 Å². The van der Waals surface area contributed by atoms with E-state index in [2.05, 4.69) is 41.3 Å². The Balaban J connectivity index is 1.61. The van der Waals surface area contributed by atoms with Crippen LogP contribution in [-0.2, 0) is 11.3 Å². The van der Waals surface area contributed by atoms with Gasteiger partial charge in [0.05, 0.1) is 25.9 Å². The lowest BCUT2D eigenvalue weighted by atomic mass is 9.90. The highest BCUT2D eigenvalue weighted by Crippen LogP contribution is 2.30. The average Bonchev–Trinajstić information content (AvgIpc) is 2.53. The van der Waals surface area contributed by atoms with Crippen LogP contribution in [0.3, 0.4) is 0 Å². The zero-order chi connectivity index (χ0) is 15.2. The monoisotopic (exact) mass is 303 g/mol. The molecule has 0 aliphatic carbocycles. The second-order valence-electron chi connectivity index (χ2n) is 6.45. The van der Waals surface area contributed by atoms with Gasteiger partial charge in [-0.05, 0) is 31.2 Å². The average molecular weight is 303 g/mol. The lowest BCUT2D eigenvalue weighted by Crippen LogP contribution is -2.53. The Morgan fingerprint density at radius 3 is 2.73 bits per heavy atom. The number of ether oxygens (including phenoxy) is 1. The number of halogens is 1. The van der Waals surface area contributed by atoms with Gasteiger partial charge in [0.2, 0.25) is 0 Å². The first-order chi connectivity index (χ1) is 10.9. The summed E-state index contributed by atoms with van der Waals surface area (Å²) >= 11 is 0. The Morgan fingerprint density at radius 2 is 1.95 bits per heavy atom. The number of nitrogens with zero attached hydrogens (tertiary/aromatic N) is 1. The van der Waals surface area contributed by atoms with Gasteiger partial charge in [0.1, 0.15) is 0 Å². The molecule has 0 N–H and O–H groups in total. The number of rotatable bonds is 7. The molecule has 3 heteroatoms. The molecule has 1 aromatic carbocycles. The van der Waals surface area contributed by atoms with Crippen LogP contribution in [0.1, 0.15) is 37.7 Å². The highest BCUT2D eigenvalue weighted by Gasteiger charge is 2.34. The minimum atomic E-state index is -0.178. The van der Waals surface area contributed by atoms with Gasteiger partial charge in [-0.3, -0.25) is 9.29 Å². The molecular weight excluding hydrogens is 277 g/mol. The van der Waals surface area contributed by atoms with Gasteiger partial charge in [-0.1, -0.05) is 48.4 Å². The van der Waals surface area contributed by atoms with Crippen LogP contribution in [0.15, 0.2) is 42.0 Å². The maximum absolute atomic E-state index is 12.2. The van der Waals surface area contributed by atoms with E-state index in [9.17, 15) is 4.39 Å². The number of morpholine rings is 1. The van der Waals surface area contributed by atoms with Crippen molar-refractivity contribution in [3.8, 4) is 0 Å². The van der Waals surface area contributed by atoms with E-state index in [0.29, 0.717) is 18.5 Å². The fourth-order valence-electron chi connectivity index (χ4n) is 3.60. The number of fused-ring (bicyclic) bond motifs is 2. The van der Waals surface area contributed by atoms with Crippen LogP contribution in [0.4, 0.5) is 4.39 Å². The summed E-state index contributed by atoms with van der Waals surface area (Å²) in [5.74, 6) is 0.